The van der Waals surface area contributed by atoms with E-state index >= 15 is 0 Å². The lowest BCUT2D eigenvalue weighted by Crippen LogP contribution is -2.35. The van der Waals surface area contributed by atoms with Crippen LogP contribution in [-0.4, -0.2) is 21.3 Å². The first-order chi connectivity index (χ1) is 13.9. The predicted molar refractivity (Wildman–Crippen MR) is 107 cm³/mol. The summed E-state index contributed by atoms with van der Waals surface area (Å²) in [5.74, 6) is -1.04. The first kappa shape index (κ1) is 18.5. The molecule has 0 radical (unpaired) electrons. The van der Waals surface area contributed by atoms with Gasteiger partial charge in [-0.05, 0) is 48.5 Å². The van der Waals surface area contributed by atoms with Crippen LogP contribution in [0, 0.1) is 10.1 Å². The summed E-state index contributed by atoms with van der Waals surface area (Å²) in [6.45, 7) is 0. The van der Waals surface area contributed by atoms with E-state index < -0.39 is 16.7 Å². The molecule has 144 valence electrons. The highest BCUT2D eigenvalue weighted by atomic mass is 35.5. The van der Waals surface area contributed by atoms with Crippen molar-refractivity contribution in [2.45, 2.75) is 0 Å². The molecule has 2 aromatic carbocycles. The first-order valence-electron chi connectivity index (χ1n) is 8.49. The third-order valence-corrected chi connectivity index (χ3v) is 4.60. The summed E-state index contributed by atoms with van der Waals surface area (Å²) in [6.07, 6.45) is 3.21. The van der Waals surface area contributed by atoms with Crippen LogP contribution in [0.25, 0.3) is 11.8 Å². The van der Waals surface area contributed by atoms with Crippen LogP contribution in [0.3, 0.4) is 0 Å². The standard InChI is InChI=1S/C20H13ClN4O4/c21-13-3-1-4-17(11-13)24-20(27)18(19(26)22-24)12-16-5-2-10-23(16)14-6-8-15(9-7-14)25(28)29/h1-12H,(H,22,26)/b18-12-. The van der Waals surface area contributed by atoms with Gasteiger partial charge in [0.1, 0.15) is 5.57 Å². The summed E-state index contributed by atoms with van der Waals surface area (Å²) < 4.78 is 1.72. The van der Waals surface area contributed by atoms with Crippen LogP contribution in [-0.2, 0) is 9.59 Å². The van der Waals surface area contributed by atoms with Gasteiger partial charge < -0.3 is 4.57 Å². The molecule has 9 heteroatoms. The Morgan fingerprint density at radius 2 is 1.76 bits per heavy atom. The smallest absolute Gasteiger partial charge is 0.282 e. The van der Waals surface area contributed by atoms with Gasteiger partial charge in [-0.1, -0.05) is 17.7 Å². The third-order valence-electron chi connectivity index (χ3n) is 4.37. The van der Waals surface area contributed by atoms with Crippen molar-refractivity contribution < 1.29 is 14.5 Å². The van der Waals surface area contributed by atoms with Crippen molar-refractivity contribution in [3.63, 3.8) is 0 Å². The lowest BCUT2D eigenvalue weighted by molar-refractivity contribution is -0.384. The van der Waals surface area contributed by atoms with Crippen molar-refractivity contribution >= 4 is 40.9 Å². The number of rotatable bonds is 4. The molecule has 1 aromatic heterocycles. The summed E-state index contributed by atoms with van der Waals surface area (Å²) in [4.78, 5) is 35.5. The molecule has 0 spiro atoms. The maximum absolute atomic E-state index is 12.8. The SMILES string of the molecule is O=C1NN(c2cccc(Cl)c2)C(=O)/C1=C\c1cccn1-c1ccc([N+](=O)[O-])cc1. The second-order valence-electron chi connectivity index (χ2n) is 6.20. The predicted octanol–water partition coefficient (Wildman–Crippen LogP) is 3.50. The topological polar surface area (TPSA) is 97.5 Å². The molecular weight excluding hydrogens is 396 g/mol. The number of nitrogens with zero attached hydrogens (tertiary/aromatic N) is 3. The van der Waals surface area contributed by atoms with Gasteiger partial charge in [-0.3, -0.25) is 25.1 Å². The van der Waals surface area contributed by atoms with E-state index in [0.717, 1.165) is 5.01 Å². The van der Waals surface area contributed by atoms with E-state index in [2.05, 4.69) is 5.43 Å². The summed E-state index contributed by atoms with van der Waals surface area (Å²) in [7, 11) is 0. The highest BCUT2D eigenvalue weighted by Crippen LogP contribution is 2.25. The van der Waals surface area contributed by atoms with Crippen molar-refractivity contribution in [3.05, 3.63) is 93.3 Å². The molecule has 1 aliphatic heterocycles. The molecule has 1 saturated heterocycles. The molecule has 0 atom stereocenters. The van der Waals surface area contributed by atoms with Gasteiger partial charge in [-0.25, -0.2) is 5.01 Å². The van der Waals surface area contributed by atoms with Crippen LogP contribution in [0.1, 0.15) is 5.69 Å². The van der Waals surface area contributed by atoms with Crippen LogP contribution < -0.4 is 10.4 Å². The monoisotopic (exact) mass is 408 g/mol. The molecule has 0 saturated carbocycles. The van der Waals surface area contributed by atoms with Gasteiger partial charge in [0, 0.05) is 34.7 Å². The van der Waals surface area contributed by atoms with Crippen LogP contribution in [0.5, 0.6) is 0 Å². The summed E-state index contributed by atoms with van der Waals surface area (Å²) >= 11 is 5.97. The quantitative estimate of drug-likeness (QED) is 0.309. The Hall–Kier alpha value is -3.91. The lowest BCUT2D eigenvalue weighted by atomic mass is 10.2. The van der Waals surface area contributed by atoms with Crippen LogP contribution in [0.15, 0.2) is 72.4 Å². The summed E-state index contributed by atoms with van der Waals surface area (Å²) in [6, 6.07) is 16.0. The van der Waals surface area contributed by atoms with E-state index in [1.165, 1.54) is 18.2 Å². The highest BCUT2D eigenvalue weighted by molar-refractivity contribution is 6.33. The minimum atomic E-state index is -0.536. The van der Waals surface area contributed by atoms with Gasteiger partial charge >= 0.3 is 0 Å². The van der Waals surface area contributed by atoms with Gasteiger partial charge in [-0.2, -0.15) is 0 Å². The number of anilines is 1. The number of amides is 2. The largest absolute Gasteiger partial charge is 0.317 e. The number of nitrogens with one attached hydrogen (secondary N) is 1. The maximum atomic E-state index is 12.8. The van der Waals surface area contributed by atoms with E-state index in [0.29, 0.717) is 22.1 Å². The normalized spacial score (nSPS) is 15.1. The zero-order valence-electron chi connectivity index (χ0n) is 14.8. The number of halogens is 1. The van der Waals surface area contributed by atoms with Crippen molar-refractivity contribution in [1.82, 2.24) is 9.99 Å². The zero-order valence-corrected chi connectivity index (χ0v) is 15.5. The Labute approximate surface area is 169 Å². The fourth-order valence-corrected chi connectivity index (χ4v) is 3.17. The molecule has 1 aliphatic rings. The number of hydrogen-bond donors (Lipinski definition) is 1. The Balaban J connectivity index is 1.67. The number of carbonyl (C=O) groups is 2. The molecule has 0 bridgehead atoms. The number of nitro groups is 1. The molecule has 4 rings (SSSR count). The molecule has 2 heterocycles. The second kappa shape index (κ2) is 7.25. The van der Waals surface area contributed by atoms with Gasteiger partial charge in [0.2, 0.25) is 0 Å². The number of nitro benzene ring substituents is 1. The molecule has 0 aliphatic carbocycles. The molecule has 1 fully saturated rings. The lowest BCUT2D eigenvalue weighted by Gasteiger charge is -2.14. The fraction of sp³-hybridized carbons (Fsp3) is 0. The van der Waals surface area contributed by atoms with E-state index in [1.54, 1.807) is 59.3 Å². The van der Waals surface area contributed by atoms with Crippen LogP contribution in [0.2, 0.25) is 5.02 Å². The molecule has 1 N–H and O–H groups in total. The number of non-ortho nitro benzene ring substituents is 1. The van der Waals surface area contributed by atoms with E-state index in [9.17, 15) is 19.7 Å². The van der Waals surface area contributed by atoms with Crippen molar-refractivity contribution in [1.29, 1.82) is 0 Å². The number of carbonyl (C=O) groups excluding carboxylic acids is 2. The van der Waals surface area contributed by atoms with Crippen LogP contribution >= 0.6 is 11.6 Å². The Kier molecular flexibility index (Phi) is 4.61. The highest BCUT2D eigenvalue weighted by Gasteiger charge is 2.34. The fourth-order valence-electron chi connectivity index (χ4n) is 2.98. The van der Waals surface area contributed by atoms with Gasteiger partial charge in [0.25, 0.3) is 17.5 Å². The van der Waals surface area contributed by atoms with E-state index in [-0.39, 0.29) is 11.3 Å². The molecule has 0 unspecified atom stereocenters. The number of benzene rings is 2. The zero-order chi connectivity index (χ0) is 20.5. The van der Waals surface area contributed by atoms with E-state index in [1.807, 2.05) is 0 Å². The van der Waals surface area contributed by atoms with Crippen LogP contribution in [0.4, 0.5) is 11.4 Å². The molecule has 8 nitrogen and oxygen atoms in total. The minimum absolute atomic E-state index is 0.0247. The van der Waals surface area contributed by atoms with Gasteiger partial charge in [0.05, 0.1) is 10.6 Å². The van der Waals surface area contributed by atoms with Gasteiger partial charge in [-0.15, -0.1) is 0 Å². The van der Waals surface area contributed by atoms with Crippen molar-refractivity contribution in [3.8, 4) is 5.69 Å². The number of hydrogen-bond acceptors (Lipinski definition) is 4. The van der Waals surface area contributed by atoms with Crippen molar-refractivity contribution in [2.24, 2.45) is 0 Å². The Bertz CT molecular complexity index is 1170. The second-order valence-corrected chi connectivity index (χ2v) is 6.63. The average Bonchev–Trinajstić information content (AvgIpc) is 3.28. The number of hydrazine groups is 1. The first-order valence-corrected chi connectivity index (χ1v) is 8.87. The Morgan fingerprint density at radius 1 is 1.00 bits per heavy atom. The molecule has 2 amide bonds. The van der Waals surface area contributed by atoms with Gasteiger partial charge in [0.15, 0.2) is 0 Å². The summed E-state index contributed by atoms with van der Waals surface area (Å²) in [5, 5.41) is 12.4. The summed E-state index contributed by atoms with van der Waals surface area (Å²) in [5.41, 5.74) is 4.14. The molecule has 3 aromatic rings. The Morgan fingerprint density at radius 3 is 2.45 bits per heavy atom. The van der Waals surface area contributed by atoms with E-state index in [4.69, 9.17) is 11.6 Å². The van der Waals surface area contributed by atoms with Crippen molar-refractivity contribution in [2.75, 3.05) is 5.01 Å². The minimum Gasteiger partial charge on any atom is -0.317 e. The number of aromatic nitrogens is 1. The third kappa shape index (κ3) is 3.48. The maximum Gasteiger partial charge on any atom is 0.282 e. The molecule has 29 heavy (non-hydrogen) atoms. The average molecular weight is 409 g/mol. The molecular formula is C20H13ClN4O4.